The minimum Gasteiger partial charge on any atom is -0.244 e. The molecule has 0 saturated heterocycles. The summed E-state index contributed by atoms with van der Waals surface area (Å²) in [6, 6.07) is 4.14. The van der Waals surface area contributed by atoms with Crippen LogP contribution in [0.4, 0.5) is 13.2 Å². The van der Waals surface area contributed by atoms with E-state index in [0.717, 1.165) is 0 Å². The van der Waals surface area contributed by atoms with Crippen molar-refractivity contribution in [2.45, 2.75) is 12.8 Å². The fourth-order valence-electron chi connectivity index (χ4n) is 0.991. The molecule has 0 N–H and O–H groups in total. The van der Waals surface area contributed by atoms with Crippen LogP contribution in [0.3, 0.4) is 0 Å². The largest absolute Gasteiger partial charge is 0.302 e. The third kappa shape index (κ3) is 2.15. The molecule has 0 aromatic heterocycles. The van der Waals surface area contributed by atoms with E-state index in [-0.39, 0.29) is 5.02 Å². The lowest BCUT2D eigenvalue weighted by Gasteiger charge is -2.14. The van der Waals surface area contributed by atoms with E-state index in [4.69, 9.17) is 11.6 Å². The highest BCUT2D eigenvalue weighted by molar-refractivity contribution is 6.31. The first-order valence-electron chi connectivity index (χ1n) is 3.68. The van der Waals surface area contributed by atoms with Crippen LogP contribution in [0.25, 0.3) is 0 Å². The second-order valence-electron chi connectivity index (χ2n) is 2.82. The molecule has 0 bridgehead atoms. The summed E-state index contributed by atoms with van der Waals surface area (Å²) in [4.78, 5) is 0. The van der Waals surface area contributed by atoms with Crippen LogP contribution in [0, 0.1) is 6.92 Å². The van der Waals surface area contributed by atoms with Gasteiger partial charge in [0.05, 0.1) is 0 Å². The zero-order valence-corrected chi connectivity index (χ0v) is 7.71. The summed E-state index contributed by atoms with van der Waals surface area (Å²) in [5.41, 5.74) is 0.184. The number of halogens is 4. The third-order valence-electron chi connectivity index (χ3n) is 1.68. The van der Waals surface area contributed by atoms with Crippen LogP contribution in [-0.2, 0) is 5.92 Å². The number of hydrogen-bond acceptors (Lipinski definition) is 0. The van der Waals surface area contributed by atoms with Gasteiger partial charge in [-0.3, -0.25) is 0 Å². The summed E-state index contributed by atoms with van der Waals surface area (Å²) < 4.78 is 37.7. The van der Waals surface area contributed by atoms with Gasteiger partial charge in [0.1, 0.15) is 0 Å². The Labute approximate surface area is 79.3 Å². The molecule has 0 spiro atoms. The van der Waals surface area contributed by atoms with E-state index >= 15 is 0 Å². The minimum atomic E-state index is -3.48. The van der Waals surface area contributed by atoms with Crippen LogP contribution in [-0.4, -0.2) is 6.67 Å². The quantitative estimate of drug-likeness (QED) is 0.695. The summed E-state index contributed by atoms with van der Waals surface area (Å²) in [5.74, 6) is -3.48. The molecule has 0 amide bonds. The van der Waals surface area contributed by atoms with Gasteiger partial charge < -0.3 is 0 Å². The standard InChI is InChI=1S/C9H8ClF3/c1-6-2-3-8(10)7(4-6)9(12,13)5-11/h2-4H,5H2,1H3. The van der Waals surface area contributed by atoms with Crippen molar-refractivity contribution in [2.24, 2.45) is 0 Å². The van der Waals surface area contributed by atoms with Crippen LogP contribution in [0.5, 0.6) is 0 Å². The summed E-state index contributed by atoms with van der Waals surface area (Å²) >= 11 is 5.51. The van der Waals surface area contributed by atoms with Gasteiger partial charge in [-0.2, -0.15) is 8.78 Å². The van der Waals surface area contributed by atoms with Crippen LogP contribution >= 0.6 is 11.6 Å². The number of alkyl halides is 3. The topological polar surface area (TPSA) is 0 Å². The maximum absolute atomic E-state index is 12.9. The van der Waals surface area contributed by atoms with Crippen LogP contribution in [0.2, 0.25) is 5.02 Å². The first kappa shape index (κ1) is 10.4. The molecule has 4 heteroatoms. The van der Waals surface area contributed by atoms with Crippen LogP contribution in [0.15, 0.2) is 18.2 Å². The molecule has 0 aliphatic heterocycles. The second-order valence-corrected chi connectivity index (χ2v) is 3.23. The molecule has 1 aromatic rings. The van der Waals surface area contributed by atoms with Crippen molar-refractivity contribution in [3.8, 4) is 0 Å². The molecule has 0 saturated carbocycles. The fraction of sp³-hybridized carbons (Fsp3) is 0.333. The molecular weight excluding hydrogens is 201 g/mol. The van der Waals surface area contributed by atoms with Crippen molar-refractivity contribution in [1.82, 2.24) is 0 Å². The Morgan fingerprint density at radius 2 is 2.00 bits per heavy atom. The predicted molar refractivity (Wildman–Crippen MR) is 46.1 cm³/mol. The lowest BCUT2D eigenvalue weighted by atomic mass is 10.1. The molecule has 0 radical (unpaired) electrons. The minimum absolute atomic E-state index is 0.103. The number of rotatable bonds is 2. The van der Waals surface area contributed by atoms with Crippen molar-refractivity contribution in [1.29, 1.82) is 0 Å². The van der Waals surface area contributed by atoms with E-state index in [0.29, 0.717) is 5.56 Å². The molecule has 0 nitrogen and oxygen atoms in total. The van der Waals surface area contributed by atoms with Gasteiger partial charge in [-0.15, -0.1) is 0 Å². The van der Waals surface area contributed by atoms with E-state index in [1.807, 2.05) is 0 Å². The summed E-state index contributed by atoms with van der Waals surface area (Å²) in [6.07, 6.45) is 0. The van der Waals surface area contributed by atoms with Crippen molar-refractivity contribution in [3.05, 3.63) is 34.3 Å². The molecule has 0 heterocycles. The summed E-state index contributed by atoms with van der Waals surface area (Å²) in [5, 5.41) is -0.103. The Bertz CT molecular complexity index is 310. The van der Waals surface area contributed by atoms with Gasteiger partial charge in [-0.25, -0.2) is 4.39 Å². The van der Waals surface area contributed by atoms with E-state index in [1.54, 1.807) is 13.0 Å². The number of benzene rings is 1. The molecule has 13 heavy (non-hydrogen) atoms. The monoisotopic (exact) mass is 208 g/mol. The number of aryl methyl sites for hydroxylation is 1. The third-order valence-corrected chi connectivity index (χ3v) is 2.01. The van der Waals surface area contributed by atoms with Gasteiger partial charge >= 0.3 is 5.92 Å². The zero-order valence-electron chi connectivity index (χ0n) is 6.95. The Hall–Kier alpha value is -0.700. The van der Waals surface area contributed by atoms with Gasteiger partial charge in [0.15, 0.2) is 6.67 Å². The first-order chi connectivity index (χ1) is 5.97. The highest BCUT2D eigenvalue weighted by Crippen LogP contribution is 2.34. The highest BCUT2D eigenvalue weighted by atomic mass is 35.5. The smallest absolute Gasteiger partial charge is 0.244 e. The second kappa shape index (κ2) is 3.58. The number of hydrogen-bond donors (Lipinski definition) is 0. The maximum atomic E-state index is 12.9. The molecule has 0 atom stereocenters. The first-order valence-corrected chi connectivity index (χ1v) is 4.05. The molecule has 0 aliphatic rings. The van der Waals surface area contributed by atoms with E-state index < -0.39 is 18.2 Å². The van der Waals surface area contributed by atoms with Crippen molar-refractivity contribution >= 4 is 11.6 Å². The zero-order chi connectivity index (χ0) is 10.1. The van der Waals surface area contributed by atoms with Gasteiger partial charge in [0.2, 0.25) is 0 Å². The molecule has 1 aromatic carbocycles. The maximum Gasteiger partial charge on any atom is 0.302 e. The lowest BCUT2D eigenvalue weighted by molar-refractivity contribution is -0.0280. The molecule has 0 fully saturated rings. The Morgan fingerprint density at radius 1 is 1.38 bits per heavy atom. The Balaban J connectivity index is 3.20. The van der Waals surface area contributed by atoms with E-state index in [2.05, 4.69) is 0 Å². The van der Waals surface area contributed by atoms with Crippen molar-refractivity contribution in [2.75, 3.05) is 6.67 Å². The van der Waals surface area contributed by atoms with E-state index in [9.17, 15) is 13.2 Å². The van der Waals surface area contributed by atoms with Crippen molar-refractivity contribution < 1.29 is 13.2 Å². The Kier molecular flexibility index (Phi) is 2.86. The molecule has 72 valence electrons. The fourth-order valence-corrected chi connectivity index (χ4v) is 1.25. The van der Waals surface area contributed by atoms with Crippen LogP contribution in [0.1, 0.15) is 11.1 Å². The van der Waals surface area contributed by atoms with Gasteiger partial charge in [0, 0.05) is 10.6 Å². The molecule has 1 rings (SSSR count). The summed E-state index contributed by atoms with van der Waals surface area (Å²) in [7, 11) is 0. The summed E-state index contributed by atoms with van der Waals surface area (Å²) in [6.45, 7) is -0.0791. The average molecular weight is 209 g/mol. The predicted octanol–water partition coefficient (Wildman–Crippen LogP) is 3.71. The Morgan fingerprint density at radius 3 is 2.54 bits per heavy atom. The van der Waals surface area contributed by atoms with Gasteiger partial charge in [-0.1, -0.05) is 23.2 Å². The normalized spacial score (nSPS) is 11.8. The van der Waals surface area contributed by atoms with Crippen LogP contribution < -0.4 is 0 Å². The highest BCUT2D eigenvalue weighted by Gasteiger charge is 2.33. The molecule has 0 aliphatic carbocycles. The average Bonchev–Trinajstić information content (AvgIpc) is 2.09. The lowest BCUT2D eigenvalue weighted by Crippen LogP contribution is -2.16. The van der Waals surface area contributed by atoms with Gasteiger partial charge in [0.25, 0.3) is 0 Å². The van der Waals surface area contributed by atoms with Crippen molar-refractivity contribution in [3.63, 3.8) is 0 Å². The van der Waals surface area contributed by atoms with Gasteiger partial charge in [-0.05, 0) is 19.1 Å². The SMILES string of the molecule is Cc1ccc(Cl)c(C(F)(F)CF)c1. The molecular formula is C9H8ClF3. The molecule has 0 unspecified atom stereocenters. The van der Waals surface area contributed by atoms with E-state index in [1.165, 1.54) is 12.1 Å².